The van der Waals surface area contributed by atoms with Gasteiger partial charge in [0, 0.05) is 9.58 Å². The fourth-order valence-electron chi connectivity index (χ4n) is 1.89. The number of thiophene rings is 1. The van der Waals surface area contributed by atoms with Gasteiger partial charge < -0.3 is 0 Å². The van der Waals surface area contributed by atoms with E-state index in [4.69, 9.17) is 0 Å². The molecule has 0 nitrogen and oxygen atoms in total. The zero-order valence-corrected chi connectivity index (χ0v) is 9.60. The Hall–Kier alpha value is -0.820. The SMILES string of the molecule is CCC(CC)c1cc2ccccc2s1. The van der Waals surface area contributed by atoms with Crippen molar-refractivity contribution in [3.8, 4) is 0 Å². The quantitative estimate of drug-likeness (QED) is 0.673. The molecule has 0 unspecified atom stereocenters. The Kier molecular flexibility index (Phi) is 2.87. The summed E-state index contributed by atoms with van der Waals surface area (Å²) in [5.41, 5.74) is 0. The highest BCUT2D eigenvalue weighted by molar-refractivity contribution is 7.19. The maximum Gasteiger partial charge on any atom is 0.0345 e. The van der Waals surface area contributed by atoms with Crippen molar-refractivity contribution in [3.63, 3.8) is 0 Å². The second kappa shape index (κ2) is 4.14. The lowest BCUT2D eigenvalue weighted by atomic mass is 10.0. The van der Waals surface area contributed by atoms with Crippen molar-refractivity contribution < 1.29 is 0 Å². The zero-order valence-electron chi connectivity index (χ0n) is 8.79. The summed E-state index contributed by atoms with van der Waals surface area (Å²) in [5, 5.41) is 1.40. The summed E-state index contributed by atoms with van der Waals surface area (Å²) < 4.78 is 1.43. The first kappa shape index (κ1) is 9.72. The predicted molar refractivity (Wildman–Crippen MR) is 65.1 cm³/mol. The highest BCUT2D eigenvalue weighted by Gasteiger charge is 2.09. The average Bonchev–Trinajstić information content (AvgIpc) is 2.63. The first-order chi connectivity index (χ1) is 6.85. The first-order valence-electron chi connectivity index (χ1n) is 5.33. The van der Waals surface area contributed by atoms with Crippen LogP contribution in [0.1, 0.15) is 37.5 Å². The third-order valence-electron chi connectivity index (χ3n) is 2.83. The number of benzene rings is 1. The van der Waals surface area contributed by atoms with Crippen LogP contribution in [0.25, 0.3) is 10.1 Å². The fraction of sp³-hybridized carbons (Fsp3) is 0.385. The topological polar surface area (TPSA) is 0 Å². The van der Waals surface area contributed by atoms with Crippen molar-refractivity contribution in [1.29, 1.82) is 0 Å². The van der Waals surface area contributed by atoms with Crippen LogP contribution < -0.4 is 0 Å². The molecule has 0 aliphatic rings. The molecule has 0 radical (unpaired) electrons. The van der Waals surface area contributed by atoms with Crippen LogP contribution in [0.4, 0.5) is 0 Å². The molecular formula is C13H16S. The Labute approximate surface area is 89.6 Å². The van der Waals surface area contributed by atoms with Gasteiger partial charge in [-0.3, -0.25) is 0 Å². The summed E-state index contributed by atoms with van der Waals surface area (Å²) in [5.74, 6) is 0.757. The minimum atomic E-state index is 0.757. The number of hydrogen-bond donors (Lipinski definition) is 0. The number of hydrogen-bond acceptors (Lipinski definition) is 1. The highest BCUT2D eigenvalue weighted by Crippen LogP contribution is 2.33. The van der Waals surface area contributed by atoms with Crippen LogP contribution in [-0.2, 0) is 0 Å². The average molecular weight is 204 g/mol. The van der Waals surface area contributed by atoms with Gasteiger partial charge >= 0.3 is 0 Å². The van der Waals surface area contributed by atoms with E-state index in [9.17, 15) is 0 Å². The molecule has 1 aromatic carbocycles. The molecule has 1 heteroatoms. The van der Waals surface area contributed by atoms with Crippen LogP contribution in [0, 0.1) is 0 Å². The Morgan fingerprint density at radius 2 is 1.86 bits per heavy atom. The van der Waals surface area contributed by atoms with Crippen LogP contribution in [0.5, 0.6) is 0 Å². The predicted octanol–water partition coefficient (Wildman–Crippen LogP) is 4.80. The number of rotatable bonds is 3. The van der Waals surface area contributed by atoms with E-state index in [1.165, 1.54) is 22.9 Å². The molecule has 0 saturated carbocycles. The maximum atomic E-state index is 2.36. The molecule has 2 aromatic rings. The molecule has 0 bridgehead atoms. The van der Waals surface area contributed by atoms with Crippen molar-refractivity contribution in [2.75, 3.05) is 0 Å². The molecule has 1 heterocycles. The summed E-state index contributed by atoms with van der Waals surface area (Å²) in [6.45, 7) is 4.55. The number of fused-ring (bicyclic) bond motifs is 1. The van der Waals surface area contributed by atoms with Crippen LogP contribution >= 0.6 is 11.3 Å². The van der Waals surface area contributed by atoms with Crippen LogP contribution in [0.3, 0.4) is 0 Å². The lowest BCUT2D eigenvalue weighted by Gasteiger charge is -2.08. The molecule has 0 N–H and O–H groups in total. The fourth-order valence-corrected chi connectivity index (χ4v) is 3.23. The van der Waals surface area contributed by atoms with E-state index in [0.717, 1.165) is 5.92 Å². The van der Waals surface area contributed by atoms with Gasteiger partial charge in [-0.05, 0) is 36.3 Å². The Morgan fingerprint density at radius 3 is 2.50 bits per heavy atom. The van der Waals surface area contributed by atoms with Crippen LogP contribution in [0.2, 0.25) is 0 Å². The van der Waals surface area contributed by atoms with Gasteiger partial charge in [0.2, 0.25) is 0 Å². The van der Waals surface area contributed by atoms with Gasteiger partial charge in [-0.25, -0.2) is 0 Å². The van der Waals surface area contributed by atoms with E-state index in [-0.39, 0.29) is 0 Å². The van der Waals surface area contributed by atoms with E-state index in [1.807, 2.05) is 11.3 Å². The first-order valence-corrected chi connectivity index (χ1v) is 6.15. The molecule has 0 spiro atoms. The van der Waals surface area contributed by atoms with E-state index in [0.29, 0.717) is 0 Å². The summed E-state index contributed by atoms with van der Waals surface area (Å²) in [7, 11) is 0. The van der Waals surface area contributed by atoms with Crippen molar-refractivity contribution in [3.05, 3.63) is 35.2 Å². The zero-order chi connectivity index (χ0) is 9.97. The van der Waals surface area contributed by atoms with E-state index < -0.39 is 0 Å². The van der Waals surface area contributed by atoms with Crippen molar-refractivity contribution in [2.24, 2.45) is 0 Å². The molecule has 14 heavy (non-hydrogen) atoms. The highest BCUT2D eigenvalue weighted by atomic mass is 32.1. The van der Waals surface area contributed by atoms with Gasteiger partial charge in [0.05, 0.1) is 0 Å². The Morgan fingerprint density at radius 1 is 1.14 bits per heavy atom. The molecule has 0 fully saturated rings. The van der Waals surface area contributed by atoms with Crippen molar-refractivity contribution in [2.45, 2.75) is 32.6 Å². The second-order valence-electron chi connectivity index (χ2n) is 3.70. The summed E-state index contributed by atoms with van der Waals surface area (Å²) in [6.07, 6.45) is 2.51. The van der Waals surface area contributed by atoms with Gasteiger partial charge in [-0.15, -0.1) is 11.3 Å². The molecule has 2 rings (SSSR count). The van der Waals surface area contributed by atoms with Gasteiger partial charge in [0.25, 0.3) is 0 Å². The van der Waals surface area contributed by atoms with Gasteiger partial charge in [-0.2, -0.15) is 0 Å². The molecular weight excluding hydrogens is 188 g/mol. The molecule has 74 valence electrons. The lowest BCUT2D eigenvalue weighted by Crippen LogP contribution is -1.90. The van der Waals surface area contributed by atoms with Gasteiger partial charge in [0.15, 0.2) is 0 Å². The molecule has 0 atom stereocenters. The van der Waals surface area contributed by atoms with Crippen molar-refractivity contribution in [1.82, 2.24) is 0 Å². The largest absolute Gasteiger partial charge is 0.140 e. The third kappa shape index (κ3) is 1.69. The molecule has 0 amide bonds. The van der Waals surface area contributed by atoms with Crippen LogP contribution in [0.15, 0.2) is 30.3 Å². The molecule has 1 aromatic heterocycles. The van der Waals surface area contributed by atoms with E-state index in [2.05, 4.69) is 44.2 Å². The smallest absolute Gasteiger partial charge is 0.0345 e. The summed E-state index contributed by atoms with van der Waals surface area (Å²) >= 11 is 1.95. The summed E-state index contributed by atoms with van der Waals surface area (Å²) in [6, 6.07) is 11.0. The monoisotopic (exact) mass is 204 g/mol. The third-order valence-corrected chi connectivity index (χ3v) is 4.11. The molecule has 0 aliphatic carbocycles. The maximum absolute atomic E-state index is 2.36. The van der Waals surface area contributed by atoms with E-state index in [1.54, 1.807) is 4.88 Å². The second-order valence-corrected chi connectivity index (χ2v) is 4.82. The Bertz CT molecular complexity index is 377. The lowest BCUT2D eigenvalue weighted by molar-refractivity contribution is 0.653. The Balaban J connectivity index is 2.43. The van der Waals surface area contributed by atoms with Crippen molar-refractivity contribution >= 4 is 21.4 Å². The standard InChI is InChI=1S/C13H16S/c1-3-10(4-2)13-9-11-7-5-6-8-12(11)14-13/h5-10H,3-4H2,1-2H3. The minimum Gasteiger partial charge on any atom is -0.140 e. The summed E-state index contributed by atoms with van der Waals surface area (Å²) in [4.78, 5) is 1.55. The normalized spacial score (nSPS) is 11.4. The molecule has 0 aliphatic heterocycles. The minimum absolute atomic E-state index is 0.757. The van der Waals surface area contributed by atoms with Gasteiger partial charge in [-0.1, -0.05) is 32.0 Å². The van der Waals surface area contributed by atoms with E-state index >= 15 is 0 Å². The molecule has 0 saturated heterocycles. The van der Waals surface area contributed by atoms with Gasteiger partial charge in [0.1, 0.15) is 0 Å². The van der Waals surface area contributed by atoms with Crippen LogP contribution in [-0.4, -0.2) is 0 Å².